The molecule has 2 aromatic rings. The second-order valence-electron chi connectivity index (χ2n) is 5.79. The highest BCUT2D eigenvalue weighted by Crippen LogP contribution is 2.30. The quantitative estimate of drug-likeness (QED) is 0.828. The highest BCUT2D eigenvalue weighted by atomic mass is 32.2. The van der Waals surface area contributed by atoms with Gasteiger partial charge in [-0.25, -0.2) is 13.1 Å². The predicted octanol–water partition coefficient (Wildman–Crippen LogP) is 1.48. The molecule has 0 bridgehead atoms. The minimum Gasteiger partial charge on any atom is -0.406 e. The molecule has 1 atom stereocenters. The SMILES string of the molecule is C[C@H](O)c1cn(C2CN(S(=O)(=O)c3ccc(OC(F)(F)F)cc3)C2)nn1. The maximum Gasteiger partial charge on any atom is 0.573 e. The molecule has 1 N–H and O–H groups in total. The molecule has 1 aliphatic heterocycles. The Morgan fingerprint density at radius 2 is 1.88 bits per heavy atom. The van der Waals surface area contributed by atoms with Crippen LogP contribution in [-0.2, 0) is 10.0 Å². The Morgan fingerprint density at radius 3 is 2.38 bits per heavy atom. The van der Waals surface area contributed by atoms with E-state index in [0.29, 0.717) is 5.69 Å². The number of ether oxygens (including phenoxy) is 1. The summed E-state index contributed by atoms with van der Waals surface area (Å²) in [7, 11) is -3.83. The summed E-state index contributed by atoms with van der Waals surface area (Å²) in [5.74, 6) is -0.494. The lowest BCUT2D eigenvalue weighted by Gasteiger charge is -2.37. The molecule has 0 unspecified atom stereocenters. The van der Waals surface area contributed by atoms with E-state index in [4.69, 9.17) is 0 Å². The zero-order valence-corrected chi connectivity index (χ0v) is 14.3. The monoisotopic (exact) mass is 392 g/mol. The van der Waals surface area contributed by atoms with Gasteiger partial charge >= 0.3 is 6.36 Å². The Labute approximate surface area is 146 Å². The number of sulfonamides is 1. The van der Waals surface area contributed by atoms with Crippen LogP contribution in [0.2, 0.25) is 0 Å². The number of benzene rings is 1. The maximum atomic E-state index is 12.5. The van der Waals surface area contributed by atoms with Crippen molar-refractivity contribution in [3.05, 3.63) is 36.2 Å². The summed E-state index contributed by atoms with van der Waals surface area (Å²) >= 11 is 0. The Kier molecular flexibility index (Phi) is 4.67. The summed E-state index contributed by atoms with van der Waals surface area (Å²) in [6.45, 7) is 1.83. The molecule has 1 aromatic carbocycles. The van der Waals surface area contributed by atoms with Crippen LogP contribution in [0.5, 0.6) is 5.75 Å². The van der Waals surface area contributed by atoms with Crippen LogP contribution in [0.4, 0.5) is 13.2 Å². The number of aliphatic hydroxyl groups excluding tert-OH is 1. The second kappa shape index (κ2) is 6.52. The first-order chi connectivity index (χ1) is 12.1. The average Bonchev–Trinajstić information content (AvgIpc) is 2.94. The fraction of sp³-hybridized carbons (Fsp3) is 0.429. The van der Waals surface area contributed by atoms with Gasteiger partial charge in [0.25, 0.3) is 0 Å². The van der Waals surface area contributed by atoms with Crippen LogP contribution in [0.15, 0.2) is 35.4 Å². The van der Waals surface area contributed by atoms with Crippen molar-refractivity contribution in [1.29, 1.82) is 0 Å². The number of rotatable bonds is 5. The third-order valence-electron chi connectivity index (χ3n) is 3.85. The molecule has 1 aliphatic rings. The summed E-state index contributed by atoms with van der Waals surface area (Å²) in [6, 6.07) is 3.79. The topological polar surface area (TPSA) is 97.5 Å². The Hall–Kier alpha value is -2.18. The highest BCUT2D eigenvalue weighted by molar-refractivity contribution is 7.89. The summed E-state index contributed by atoms with van der Waals surface area (Å²) in [6.07, 6.45) is -4.07. The van der Waals surface area contributed by atoms with Gasteiger partial charge in [-0.3, -0.25) is 0 Å². The number of aliphatic hydroxyl groups is 1. The maximum absolute atomic E-state index is 12.5. The van der Waals surface area contributed by atoms with Gasteiger partial charge in [0.1, 0.15) is 11.4 Å². The minimum absolute atomic E-state index is 0.131. The molecular formula is C14H15F3N4O4S. The van der Waals surface area contributed by atoms with Gasteiger partial charge in [-0.15, -0.1) is 18.3 Å². The Balaban J connectivity index is 1.66. The van der Waals surface area contributed by atoms with E-state index in [1.165, 1.54) is 15.9 Å². The Morgan fingerprint density at radius 1 is 1.27 bits per heavy atom. The first kappa shape index (κ1) is 18.6. The molecular weight excluding hydrogens is 377 g/mol. The summed E-state index contributed by atoms with van der Waals surface area (Å²) in [5.41, 5.74) is 0.381. The lowest BCUT2D eigenvalue weighted by molar-refractivity contribution is -0.274. The number of hydrogen-bond acceptors (Lipinski definition) is 6. The van der Waals surface area contributed by atoms with E-state index in [-0.39, 0.29) is 24.0 Å². The van der Waals surface area contributed by atoms with E-state index in [2.05, 4.69) is 15.0 Å². The third-order valence-corrected chi connectivity index (χ3v) is 5.70. The van der Waals surface area contributed by atoms with Gasteiger partial charge in [0.05, 0.1) is 23.2 Å². The van der Waals surface area contributed by atoms with Crippen molar-refractivity contribution in [2.24, 2.45) is 0 Å². The van der Waals surface area contributed by atoms with Gasteiger partial charge in [0.15, 0.2) is 0 Å². The molecule has 26 heavy (non-hydrogen) atoms. The van der Waals surface area contributed by atoms with Crippen LogP contribution in [0, 0.1) is 0 Å². The van der Waals surface area contributed by atoms with E-state index < -0.39 is 28.2 Å². The molecule has 2 heterocycles. The lowest BCUT2D eigenvalue weighted by Crippen LogP contribution is -2.50. The van der Waals surface area contributed by atoms with Crippen LogP contribution >= 0.6 is 0 Å². The minimum atomic E-state index is -4.84. The van der Waals surface area contributed by atoms with E-state index in [9.17, 15) is 26.7 Å². The molecule has 0 spiro atoms. The van der Waals surface area contributed by atoms with Crippen molar-refractivity contribution >= 4 is 10.0 Å². The molecule has 8 nitrogen and oxygen atoms in total. The van der Waals surface area contributed by atoms with Crippen molar-refractivity contribution in [3.8, 4) is 5.75 Å². The van der Waals surface area contributed by atoms with Crippen LogP contribution in [0.3, 0.4) is 0 Å². The number of alkyl halides is 3. The van der Waals surface area contributed by atoms with Gasteiger partial charge in [0, 0.05) is 13.1 Å². The van der Waals surface area contributed by atoms with Crippen molar-refractivity contribution in [1.82, 2.24) is 19.3 Å². The molecule has 1 saturated heterocycles. The van der Waals surface area contributed by atoms with Gasteiger partial charge < -0.3 is 9.84 Å². The second-order valence-corrected chi connectivity index (χ2v) is 7.73. The van der Waals surface area contributed by atoms with E-state index >= 15 is 0 Å². The van der Waals surface area contributed by atoms with Gasteiger partial charge in [0.2, 0.25) is 10.0 Å². The summed E-state index contributed by atoms with van der Waals surface area (Å²) in [5, 5.41) is 17.1. The molecule has 0 radical (unpaired) electrons. The number of aromatic nitrogens is 3. The Bertz CT molecular complexity index is 874. The van der Waals surface area contributed by atoms with Crippen molar-refractivity contribution in [2.45, 2.75) is 30.3 Å². The molecule has 142 valence electrons. The first-order valence-electron chi connectivity index (χ1n) is 7.52. The van der Waals surface area contributed by atoms with Crippen LogP contribution in [0.1, 0.15) is 24.8 Å². The highest BCUT2D eigenvalue weighted by Gasteiger charge is 2.38. The summed E-state index contributed by atoms with van der Waals surface area (Å²) in [4.78, 5) is -0.131. The van der Waals surface area contributed by atoms with E-state index in [1.54, 1.807) is 6.20 Å². The van der Waals surface area contributed by atoms with Crippen LogP contribution < -0.4 is 4.74 Å². The van der Waals surface area contributed by atoms with E-state index in [1.807, 2.05) is 0 Å². The molecule has 1 fully saturated rings. The zero-order chi connectivity index (χ0) is 19.1. The number of hydrogen-bond donors (Lipinski definition) is 1. The average molecular weight is 392 g/mol. The standard InChI is InChI=1S/C14H15F3N4O4S/c1-9(22)13-8-21(19-18-13)10-6-20(7-10)26(23,24)12-4-2-11(3-5-12)25-14(15,16)17/h2-5,8-10,22H,6-7H2,1H3/t9-/m0/s1. The van der Waals surface area contributed by atoms with Crippen LogP contribution in [-0.4, -0.2) is 52.3 Å². The zero-order valence-electron chi connectivity index (χ0n) is 13.5. The molecule has 0 amide bonds. The molecule has 1 aromatic heterocycles. The largest absolute Gasteiger partial charge is 0.573 e. The van der Waals surface area contributed by atoms with Gasteiger partial charge in [-0.1, -0.05) is 5.21 Å². The normalized spacial score (nSPS) is 17.7. The molecule has 0 saturated carbocycles. The number of nitrogens with zero attached hydrogens (tertiary/aromatic N) is 4. The van der Waals surface area contributed by atoms with Crippen molar-refractivity contribution in [3.63, 3.8) is 0 Å². The lowest BCUT2D eigenvalue weighted by atomic mass is 10.2. The van der Waals surface area contributed by atoms with Gasteiger partial charge in [-0.05, 0) is 31.2 Å². The summed E-state index contributed by atoms with van der Waals surface area (Å²) < 4.78 is 67.8. The smallest absolute Gasteiger partial charge is 0.406 e. The van der Waals surface area contributed by atoms with E-state index in [0.717, 1.165) is 24.3 Å². The fourth-order valence-electron chi connectivity index (χ4n) is 2.40. The molecule has 3 rings (SSSR count). The predicted molar refractivity (Wildman–Crippen MR) is 81.6 cm³/mol. The van der Waals surface area contributed by atoms with Gasteiger partial charge in [-0.2, -0.15) is 4.31 Å². The van der Waals surface area contributed by atoms with Crippen LogP contribution in [0.25, 0.3) is 0 Å². The number of halogens is 3. The molecule has 12 heteroatoms. The molecule has 0 aliphatic carbocycles. The first-order valence-corrected chi connectivity index (χ1v) is 8.96. The van der Waals surface area contributed by atoms with Crippen molar-refractivity contribution < 1.29 is 31.4 Å². The third kappa shape index (κ3) is 3.81. The fourth-order valence-corrected chi connectivity index (χ4v) is 3.92. The van der Waals surface area contributed by atoms with Crippen molar-refractivity contribution in [2.75, 3.05) is 13.1 Å².